The summed E-state index contributed by atoms with van der Waals surface area (Å²) in [5, 5.41) is 0. The zero-order valence-corrected chi connectivity index (χ0v) is 14.1. The Labute approximate surface area is 143 Å². The minimum atomic E-state index is -0.320. The summed E-state index contributed by atoms with van der Waals surface area (Å²) in [6.45, 7) is 2.52. The summed E-state index contributed by atoms with van der Waals surface area (Å²) < 4.78 is 5.60. The van der Waals surface area contributed by atoms with Crippen molar-refractivity contribution in [3.63, 3.8) is 0 Å². The van der Waals surface area contributed by atoms with E-state index < -0.39 is 0 Å². The fourth-order valence-corrected chi connectivity index (χ4v) is 3.30. The van der Waals surface area contributed by atoms with Gasteiger partial charge in [0.15, 0.2) is 0 Å². The molecule has 0 saturated carbocycles. The largest absolute Gasteiger partial charge is 0.423 e. The summed E-state index contributed by atoms with van der Waals surface area (Å²) in [5.41, 5.74) is 4.02. The van der Waals surface area contributed by atoms with Gasteiger partial charge in [-0.05, 0) is 61.7 Å². The summed E-state index contributed by atoms with van der Waals surface area (Å²) in [6, 6.07) is 13.6. The van der Waals surface area contributed by atoms with Crippen molar-refractivity contribution in [1.82, 2.24) is 4.90 Å². The maximum atomic E-state index is 12.4. The molecule has 0 bridgehead atoms. The van der Waals surface area contributed by atoms with Gasteiger partial charge in [0.1, 0.15) is 5.75 Å². The quantitative estimate of drug-likeness (QED) is 0.488. The fraction of sp³-hybridized carbons (Fsp3) is 0.286. The van der Waals surface area contributed by atoms with Gasteiger partial charge >= 0.3 is 5.97 Å². The van der Waals surface area contributed by atoms with E-state index in [9.17, 15) is 4.79 Å². The number of carbonyl (C=O) groups is 1. The molecule has 0 unspecified atom stereocenters. The van der Waals surface area contributed by atoms with Crippen molar-refractivity contribution in [2.75, 3.05) is 13.6 Å². The van der Waals surface area contributed by atoms with E-state index >= 15 is 0 Å². The molecule has 3 heteroatoms. The van der Waals surface area contributed by atoms with E-state index in [4.69, 9.17) is 11.2 Å². The van der Waals surface area contributed by atoms with Crippen LogP contribution in [0.4, 0.5) is 0 Å². The highest BCUT2D eigenvalue weighted by molar-refractivity contribution is 5.92. The Hall–Kier alpha value is -2.57. The van der Waals surface area contributed by atoms with Gasteiger partial charge in [-0.1, -0.05) is 30.2 Å². The molecule has 24 heavy (non-hydrogen) atoms. The van der Waals surface area contributed by atoms with Gasteiger partial charge in [0.25, 0.3) is 0 Å². The first kappa shape index (κ1) is 16.3. The maximum Gasteiger partial charge on any atom is 0.343 e. The molecule has 0 radical (unpaired) electrons. The Morgan fingerprint density at radius 3 is 2.88 bits per heavy atom. The Morgan fingerprint density at radius 1 is 1.33 bits per heavy atom. The number of hydrogen-bond acceptors (Lipinski definition) is 3. The molecule has 0 amide bonds. The minimum Gasteiger partial charge on any atom is -0.423 e. The number of carbonyl (C=O) groups excluding carboxylic acids is 1. The molecule has 2 aromatic carbocycles. The van der Waals surface area contributed by atoms with Crippen molar-refractivity contribution in [2.45, 2.75) is 25.8 Å². The smallest absolute Gasteiger partial charge is 0.343 e. The summed E-state index contributed by atoms with van der Waals surface area (Å²) in [6.07, 6.45) is 7.50. The number of rotatable bonds is 4. The Balaban J connectivity index is 1.82. The molecule has 0 aliphatic heterocycles. The molecular formula is C21H21NO2. The topological polar surface area (TPSA) is 29.5 Å². The average molecular weight is 319 g/mol. The molecule has 3 nitrogen and oxygen atoms in total. The van der Waals surface area contributed by atoms with Crippen molar-refractivity contribution in [1.29, 1.82) is 0 Å². The van der Waals surface area contributed by atoms with E-state index in [-0.39, 0.29) is 12.0 Å². The molecule has 0 saturated heterocycles. The third-order valence-corrected chi connectivity index (χ3v) is 4.61. The molecule has 0 aromatic heterocycles. The van der Waals surface area contributed by atoms with Crippen molar-refractivity contribution in [2.24, 2.45) is 0 Å². The molecule has 122 valence electrons. The van der Waals surface area contributed by atoms with Crippen molar-refractivity contribution >= 4 is 5.97 Å². The van der Waals surface area contributed by atoms with Crippen LogP contribution in [-0.2, 0) is 6.42 Å². The third-order valence-electron chi connectivity index (χ3n) is 4.61. The molecule has 0 heterocycles. The van der Waals surface area contributed by atoms with E-state index in [1.165, 1.54) is 11.1 Å². The molecule has 2 aromatic rings. The number of benzene rings is 2. The highest BCUT2D eigenvalue weighted by Crippen LogP contribution is 2.37. The Morgan fingerprint density at radius 2 is 2.12 bits per heavy atom. The molecule has 0 spiro atoms. The van der Waals surface area contributed by atoms with Crippen molar-refractivity contribution < 1.29 is 9.53 Å². The van der Waals surface area contributed by atoms with Gasteiger partial charge in [-0.3, -0.25) is 4.90 Å². The van der Waals surface area contributed by atoms with Crippen LogP contribution in [0.1, 0.15) is 39.5 Å². The second kappa shape index (κ2) is 6.90. The van der Waals surface area contributed by atoms with E-state index in [2.05, 4.69) is 16.9 Å². The zero-order valence-electron chi connectivity index (χ0n) is 14.1. The first-order chi connectivity index (χ1) is 11.6. The second-order valence-corrected chi connectivity index (χ2v) is 6.24. The van der Waals surface area contributed by atoms with E-state index in [1.807, 2.05) is 44.3 Å². The number of esters is 1. The number of nitrogens with zero attached hydrogens (tertiary/aromatic N) is 1. The average Bonchev–Trinajstić information content (AvgIpc) is 2.98. The second-order valence-electron chi connectivity index (χ2n) is 6.24. The molecule has 0 N–H and O–H groups in total. The predicted octanol–water partition coefficient (Wildman–Crippen LogP) is 3.77. The lowest BCUT2D eigenvalue weighted by Gasteiger charge is -2.23. The number of hydrogen-bond donors (Lipinski definition) is 0. The fourth-order valence-electron chi connectivity index (χ4n) is 3.30. The van der Waals surface area contributed by atoms with Gasteiger partial charge in [-0.15, -0.1) is 6.42 Å². The number of terminal acetylenes is 1. The summed E-state index contributed by atoms with van der Waals surface area (Å²) >= 11 is 0. The highest BCUT2D eigenvalue weighted by Gasteiger charge is 2.26. The molecule has 0 fully saturated rings. The van der Waals surface area contributed by atoms with Crippen LogP contribution in [0.15, 0.2) is 42.5 Å². The zero-order chi connectivity index (χ0) is 17.1. The van der Waals surface area contributed by atoms with Gasteiger partial charge < -0.3 is 4.74 Å². The van der Waals surface area contributed by atoms with Crippen LogP contribution in [-0.4, -0.2) is 24.5 Å². The number of aryl methyl sites for hydroxylation is 2. The summed E-state index contributed by atoms with van der Waals surface area (Å²) in [4.78, 5) is 14.6. The van der Waals surface area contributed by atoms with Crippen LogP contribution in [0.2, 0.25) is 0 Å². The lowest BCUT2D eigenvalue weighted by atomic mass is 10.1. The van der Waals surface area contributed by atoms with Crippen LogP contribution in [0.25, 0.3) is 0 Å². The van der Waals surface area contributed by atoms with Crippen LogP contribution in [0.5, 0.6) is 5.75 Å². The van der Waals surface area contributed by atoms with Crippen LogP contribution < -0.4 is 4.74 Å². The van der Waals surface area contributed by atoms with Crippen molar-refractivity contribution in [3.05, 3.63) is 64.7 Å². The van der Waals surface area contributed by atoms with E-state index in [0.29, 0.717) is 17.9 Å². The molecule has 1 aliphatic rings. The molecule has 1 aliphatic carbocycles. The van der Waals surface area contributed by atoms with Gasteiger partial charge in [-0.2, -0.15) is 0 Å². The minimum absolute atomic E-state index is 0.285. The standard InChI is InChI=1S/C21H21NO2/c1-4-13-22(3)20-12-10-16-9-11-17(14-19(16)20)24-21(23)18-8-6-5-7-15(18)2/h1,5-9,11,14,20H,10,12-13H2,2-3H3/t20-/m1/s1. The Kier molecular flexibility index (Phi) is 4.69. The number of fused-ring (bicyclic) bond motifs is 1. The first-order valence-corrected chi connectivity index (χ1v) is 8.14. The van der Waals surface area contributed by atoms with E-state index in [1.54, 1.807) is 6.07 Å². The highest BCUT2D eigenvalue weighted by atomic mass is 16.5. The predicted molar refractivity (Wildman–Crippen MR) is 95.1 cm³/mol. The first-order valence-electron chi connectivity index (χ1n) is 8.14. The third kappa shape index (κ3) is 3.20. The van der Waals surface area contributed by atoms with Crippen LogP contribution in [0.3, 0.4) is 0 Å². The summed E-state index contributed by atoms with van der Waals surface area (Å²) in [7, 11) is 2.03. The maximum absolute atomic E-state index is 12.4. The van der Waals surface area contributed by atoms with Gasteiger partial charge in [0, 0.05) is 6.04 Å². The Bertz CT molecular complexity index is 804. The number of ether oxygens (including phenoxy) is 1. The van der Waals surface area contributed by atoms with Crippen LogP contribution >= 0.6 is 0 Å². The lowest BCUT2D eigenvalue weighted by Crippen LogP contribution is -2.23. The van der Waals surface area contributed by atoms with Crippen LogP contribution in [0, 0.1) is 19.3 Å². The van der Waals surface area contributed by atoms with Gasteiger partial charge in [-0.25, -0.2) is 4.79 Å². The molecular weight excluding hydrogens is 298 g/mol. The molecule has 3 rings (SSSR count). The monoisotopic (exact) mass is 319 g/mol. The van der Waals surface area contributed by atoms with E-state index in [0.717, 1.165) is 18.4 Å². The normalized spacial score (nSPS) is 15.8. The lowest BCUT2D eigenvalue weighted by molar-refractivity contribution is 0.0733. The SMILES string of the molecule is C#CCN(C)[C@@H]1CCc2ccc(OC(=O)c3ccccc3C)cc21. The van der Waals surface area contributed by atoms with Gasteiger partial charge in [0.2, 0.25) is 0 Å². The van der Waals surface area contributed by atoms with Gasteiger partial charge in [0.05, 0.1) is 12.1 Å². The van der Waals surface area contributed by atoms with Crippen molar-refractivity contribution in [3.8, 4) is 18.1 Å². The summed E-state index contributed by atoms with van der Waals surface area (Å²) in [5.74, 6) is 2.96. The molecule has 1 atom stereocenters.